The molecule has 29 heavy (non-hydrogen) atoms. The maximum absolute atomic E-state index is 13.0. The molecule has 1 atom stereocenters. The Morgan fingerprint density at radius 3 is 2.83 bits per heavy atom. The molecule has 1 amide bonds. The molecule has 1 saturated heterocycles. The second kappa shape index (κ2) is 8.66. The molecule has 1 aliphatic rings. The lowest BCUT2D eigenvalue weighted by Crippen LogP contribution is -2.32. The minimum absolute atomic E-state index is 0.00300. The van der Waals surface area contributed by atoms with E-state index < -0.39 is 0 Å². The number of H-pyrrole nitrogens is 1. The van der Waals surface area contributed by atoms with Crippen LogP contribution in [-0.2, 0) is 11.2 Å². The lowest BCUT2D eigenvalue weighted by molar-refractivity contribution is -0.127. The third kappa shape index (κ3) is 4.60. The van der Waals surface area contributed by atoms with E-state index in [1.54, 1.807) is 30.5 Å². The quantitative estimate of drug-likeness (QED) is 0.834. The van der Waals surface area contributed by atoms with E-state index in [0.717, 1.165) is 22.0 Å². The molecular formula is C22H24N4O2S. The largest absolute Gasteiger partial charge is 0.325 e. The Balaban J connectivity index is 1.80. The second-order valence-corrected chi connectivity index (χ2v) is 8.74. The molecule has 1 N–H and O–H groups in total. The second-order valence-electron chi connectivity index (χ2n) is 7.34. The number of aliphatic imine (C=N–C) groups is 1. The van der Waals surface area contributed by atoms with E-state index in [2.05, 4.69) is 11.9 Å². The molecule has 1 aromatic carbocycles. The van der Waals surface area contributed by atoms with Crippen LogP contribution in [0.4, 0.5) is 5.69 Å². The van der Waals surface area contributed by atoms with Crippen molar-refractivity contribution in [1.82, 2.24) is 9.88 Å². The zero-order valence-electron chi connectivity index (χ0n) is 17.1. The van der Waals surface area contributed by atoms with Crippen LogP contribution in [-0.4, -0.2) is 32.8 Å². The van der Waals surface area contributed by atoms with Crippen molar-refractivity contribution in [3.8, 4) is 6.07 Å². The number of nitrogens with zero attached hydrogens (tertiary/aromatic N) is 3. The van der Waals surface area contributed by atoms with Gasteiger partial charge < -0.3 is 4.98 Å². The number of carbonyl (C=O) groups excluding carboxylic acids is 1. The molecule has 1 aromatic heterocycles. The van der Waals surface area contributed by atoms with E-state index in [4.69, 9.17) is 4.99 Å². The molecule has 0 saturated carbocycles. The van der Waals surface area contributed by atoms with Crippen molar-refractivity contribution in [2.45, 2.75) is 45.8 Å². The van der Waals surface area contributed by atoms with Crippen molar-refractivity contribution < 1.29 is 4.79 Å². The minimum Gasteiger partial charge on any atom is -0.325 e. The number of carbonyl (C=O) groups is 1. The monoisotopic (exact) mass is 408 g/mol. The summed E-state index contributed by atoms with van der Waals surface area (Å²) in [6.07, 6.45) is 0.758. The fourth-order valence-electron chi connectivity index (χ4n) is 3.51. The van der Waals surface area contributed by atoms with Crippen LogP contribution in [0.25, 0.3) is 0 Å². The fourth-order valence-corrected chi connectivity index (χ4v) is 4.55. The maximum Gasteiger partial charge on any atom is 0.266 e. The van der Waals surface area contributed by atoms with Crippen LogP contribution in [0, 0.1) is 32.1 Å². The molecule has 0 bridgehead atoms. The molecule has 2 aromatic rings. The number of amidine groups is 1. The number of hydrogen-bond acceptors (Lipinski definition) is 5. The number of amides is 1. The Kier molecular flexibility index (Phi) is 6.23. The van der Waals surface area contributed by atoms with Crippen LogP contribution in [0.2, 0.25) is 0 Å². The highest BCUT2D eigenvalue weighted by Crippen LogP contribution is 2.29. The topological polar surface area (TPSA) is 89.3 Å². The number of benzene rings is 1. The van der Waals surface area contributed by atoms with Gasteiger partial charge in [0.2, 0.25) is 5.91 Å². The van der Waals surface area contributed by atoms with Crippen molar-refractivity contribution in [2.75, 3.05) is 6.54 Å². The number of aryl methyl sites for hydroxylation is 2. The minimum atomic E-state index is -0.380. The summed E-state index contributed by atoms with van der Waals surface area (Å²) in [4.78, 5) is 34.0. The normalized spacial score (nSPS) is 17.6. The number of aromatic nitrogens is 1. The van der Waals surface area contributed by atoms with Gasteiger partial charge in [0, 0.05) is 23.9 Å². The molecule has 6 nitrogen and oxygen atoms in total. The number of hydrogen-bond donors (Lipinski definition) is 1. The molecule has 1 aliphatic heterocycles. The number of nitriles is 1. The molecule has 0 aliphatic carbocycles. The van der Waals surface area contributed by atoms with E-state index in [1.807, 2.05) is 37.3 Å². The Hall–Kier alpha value is -2.85. The van der Waals surface area contributed by atoms with Gasteiger partial charge in [-0.05, 0) is 56.0 Å². The first kappa shape index (κ1) is 20.9. The first-order valence-electron chi connectivity index (χ1n) is 9.55. The zero-order valence-corrected chi connectivity index (χ0v) is 17.9. The van der Waals surface area contributed by atoms with Crippen LogP contribution in [0.3, 0.4) is 0 Å². The molecule has 0 unspecified atom stereocenters. The average molecular weight is 409 g/mol. The zero-order chi connectivity index (χ0) is 21.1. The molecule has 3 rings (SSSR count). The number of pyridine rings is 1. The first-order chi connectivity index (χ1) is 13.8. The van der Waals surface area contributed by atoms with Gasteiger partial charge in [-0.2, -0.15) is 5.26 Å². The van der Waals surface area contributed by atoms with Crippen molar-refractivity contribution in [3.05, 3.63) is 62.6 Å². The van der Waals surface area contributed by atoms with Crippen molar-refractivity contribution >= 4 is 28.5 Å². The van der Waals surface area contributed by atoms with Gasteiger partial charge in [-0.15, -0.1) is 0 Å². The Morgan fingerprint density at radius 1 is 1.38 bits per heavy atom. The predicted octanol–water partition coefficient (Wildman–Crippen LogP) is 3.76. The van der Waals surface area contributed by atoms with E-state index in [9.17, 15) is 14.9 Å². The molecule has 1 fully saturated rings. The Labute approximate surface area is 174 Å². The lowest BCUT2D eigenvalue weighted by Gasteiger charge is -2.17. The van der Waals surface area contributed by atoms with Gasteiger partial charge in [0.05, 0.1) is 5.69 Å². The molecule has 150 valence electrons. The number of nitrogens with one attached hydrogen (secondary N) is 1. The van der Waals surface area contributed by atoms with E-state index in [-0.39, 0.29) is 22.3 Å². The molecule has 0 spiro atoms. The summed E-state index contributed by atoms with van der Waals surface area (Å²) in [5.41, 5.74) is 3.91. The van der Waals surface area contributed by atoms with Gasteiger partial charge in [-0.25, -0.2) is 4.99 Å². The van der Waals surface area contributed by atoms with Crippen LogP contribution in [0.5, 0.6) is 0 Å². The number of rotatable bonds is 4. The van der Waals surface area contributed by atoms with Crippen LogP contribution in [0.15, 0.2) is 34.1 Å². The molecule has 7 heteroatoms. The van der Waals surface area contributed by atoms with Gasteiger partial charge >= 0.3 is 0 Å². The van der Waals surface area contributed by atoms with Crippen LogP contribution in [0.1, 0.15) is 41.3 Å². The Morgan fingerprint density at radius 2 is 2.14 bits per heavy atom. The third-order valence-corrected chi connectivity index (χ3v) is 6.09. The Bertz CT molecular complexity index is 1080. The highest BCUT2D eigenvalue weighted by atomic mass is 32.2. The van der Waals surface area contributed by atoms with Gasteiger partial charge in [-0.3, -0.25) is 14.5 Å². The maximum atomic E-state index is 13.0. The van der Waals surface area contributed by atoms with E-state index >= 15 is 0 Å². The number of thioether (sulfide) groups is 1. The van der Waals surface area contributed by atoms with Crippen molar-refractivity contribution in [1.29, 1.82) is 5.26 Å². The summed E-state index contributed by atoms with van der Waals surface area (Å²) >= 11 is 1.60. The SMILES string of the molecule is Cc1cccc(N=C2S[C@H](C)CN2C(=O)CCc2c(C)[nH]c(=O)c(C#N)c2C)c1. The molecule has 2 heterocycles. The summed E-state index contributed by atoms with van der Waals surface area (Å²) in [7, 11) is 0. The van der Waals surface area contributed by atoms with Crippen molar-refractivity contribution in [3.63, 3.8) is 0 Å². The summed E-state index contributed by atoms with van der Waals surface area (Å²) in [5.74, 6) is -0.00300. The van der Waals surface area contributed by atoms with Crippen molar-refractivity contribution in [2.24, 2.45) is 4.99 Å². The summed E-state index contributed by atoms with van der Waals surface area (Å²) in [6.45, 7) is 8.29. The molecular weight excluding hydrogens is 384 g/mol. The predicted molar refractivity (Wildman–Crippen MR) is 117 cm³/mol. The standard InChI is InChI=1S/C22H24N4O2S/c1-13-6-5-7-17(10-13)25-22-26(12-14(2)29-22)20(27)9-8-18-15(3)19(11-23)21(28)24-16(18)4/h5-7,10,14H,8-9,12H2,1-4H3,(H,24,28)/t14-/m1/s1. The van der Waals surface area contributed by atoms with Gasteiger partial charge in [-0.1, -0.05) is 30.8 Å². The highest BCUT2D eigenvalue weighted by Gasteiger charge is 2.30. The average Bonchev–Trinajstić information content (AvgIpc) is 3.01. The smallest absolute Gasteiger partial charge is 0.266 e. The number of aromatic amines is 1. The third-order valence-electron chi connectivity index (χ3n) is 5.01. The fraction of sp³-hybridized carbons (Fsp3) is 0.364. The highest BCUT2D eigenvalue weighted by molar-refractivity contribution is 8.14. The van der Waals surface area contributed by atoms with Gasteiger partial charge in [0.15, 0.2) is 5.17 Å². The van der Waals surface area contributed by atoms with Gasteiger partial charge in [0.1, 0.15) is 11.6 Å². The first-order valence-corrected chi connectivity index (χ1v) is 10.4. The summed E-state index contributed by atoms with van der Waals surface area (Å²) < 4.78 is 0. The van der Waals surface area contributed by atoms with E-state index in [0.29, 0.717) is 30.6 Å². The van der Waals surface area contributed by atoms with Crippen LogP contribution < -0.4 is 5.56 Å². The molecule has 0 radical (unpaired) electrons. The van der Waals surface area contributed by atoms with E-state index in [1.165, 1.54) is 0 Å². The summed E-state index contributed by atoms with van der Waals surface area (Å²) in [6, 6.07) is 9.86. The summed E-state index contributed by atoms with van der Waals surface area (Å²) in [5, 5.41) is 10.2. The lowest BCUT2D eigenvalue weighted by atomic mass is 9.99. The van der Waals surface area contributed by atoms with Crippen LogP contribution >= 0.6 is 11.8 Å². The van der Waals surface area contributed by atoms with Gasteiger partial charge in [0.25, 0.3) is 5.56 Å².